The average molecular weight is 260 g/mol. The Balaban J connectivity index is 3.16. The minimum absolute atomic E-state index is 0.263. The average Bonchev–Trinajstić information content (AvgIpc) is 2.17. The minimum atomic E-state index is -4.40. The van der Waals surface area contributed by atoms with Gasteiger partial charge < -0.3 is 11.1 Å². The second kappa shape index (κ2) is 5.39. The van der Waals surface area contributed by atoms with Crippen molar-refractivity contribution in [2.75, 3.05) is 5.32 Å². The normalized spacial score (nSPS) is 13.2. The lowest BCUT2D eigenvalue weighted by Crippen LogP contribution is -2.20. The number of benzene rings is 1. The summed E-state index contributed by atoms with van der Waals surface area (Å²) >= 11 is 0. The lowest BCUT2D eigenvalue weighted by atomic mass is 10.0. The summed E-state index contributed by atoms with van der Waals surface area (Å²) in [6, 6.07) is 2.92. The SMILES string of the molecule is CC(=O)Nc1ccc(C(F)(F)F)cc1CC(C)N. The van der Waals surface area contributed by atoms with Crippen molar-refractivity contribution in [3.8, 4) is 0 Å². The molecular formula is C12H15F3N2O. The molecule has 0 fully saturated rings. The molecule has 0 aliphatic rings. The number of hydrogen-bond acceptors (Lipinski definition) is 2. The van der Waals surface area contributed by atoms with Gasteiger partial charge in [0.25, 0.3) is 0 Å². The fourth-order valence-electron chi connectivity index (χ4n) is 1.60. The van der Waals surface area contributed by atoms with Gasteiger partial charge in [-0.25, -0.2) is 0 Å². The van der Waals surface area contributed by atoms with E-state index in [4.69, 9.17) is 5.73 Å². The van der Waals surface area contributed by atoms with Crippen LogP contribution in [0.4, 0.5) is 18.9 Å². The van der Waals surface area contributed by atoms with E-state index >= 15 is 0 Å². The lowest BCUT2D eigenvalue weighted by Gasteiger charge is -2.15. The summed E-state index contributed by atoms with van der Waals surface area (Å²) < 4.78 is 37.7. The number of nitrogens with one attached hydrogen (secondary N) is 1. The van der Waals surface area contributed by atoms with E-state index in [0.717, 1.165) is 12.1 Å². The van der Waals surface area contributed by atoms with Crippen molar-refractivity contribution >= 4 is 11.6 Å². The van der Waals surface area contributed by atoms with E-state index in [1.807, 2.05) is 0 Å². The molecule has 0 aliphatic carbocycles. The van der Waals surface area contributed by atoms with E-state index in [9.17, 15) is 18.0 Å². The Hall–Kier alpha value is -1.56. The third-order valence-corrected chi connectivity index (χ3v) is 2.29. The van der Waals surface area contributed by atoms with Crippen LogP contribution in [0.15, 0.2) is 18.2 Å². The summed E-state index contributed by atoms with van der Waals surface area (Å²) in [4.78, 5) is 11.0. The Morgan fingerprint density at radius 2 is 2.06 bits per heavy atom. The van der Waals surface area contributed by atoms with Crippen LogP contribution in [-0.4, -0.2) is 11.9 Å². The quantitative estimate of drug-likeness (QED) is 0.877. The van der Waals surface area contributed by atoms with E-state index < -0.39 is 11.7 Å². The second-order valence-corrected chi connectivity index (χ2v) is 4.23. The molecule has 0 saturated carbocycles. The van der Waals surface area contributed by atoms with Crippen molar-refractivity contribution in [3.05, 3.63) is 29.3 Å². The van der Waals surface area contributed by atoms with E-state index in [2.05, 4.69) is 5.32 Å². The molecule has 3 N–H and O–H groups in total. The van der Waals surface area contributed by atoms with Crippen LogP contribution in [0.25, 0.3) is 0 Å². The largest absolute Gasteiger partial charge is 0.416 e. The van der Waals surface area contributed by atoms with Crippen LogP contribution in [0, 0.1) is 0 Å². The molecule has 6 heteroatoms. The molecule has 0 spiro atoms. The fraction of sp³-hybridized carbons (Fsp3) is 0.417. The predicted octanol–water partition coefficient (Wildman–Crippen LogP) is 2.55. The van der Waals surface area contributed by atoms with Crippen LogP contribution in [-0.2, 0) is 17.4 Å². The van der Waals surface area contributed by atoms with E-state index in [1.165, 1.54) is 13.0 Å². The molecule has 0 saturated heterocycles. The van der Waals surface area contributed by atoms with E-state index in [1.54, 1.807) is 6.92 Å². The van der Waals surface area contributed by atoms with Gasteiger partial charge in [0.15, 0.2) is 0 Å². The topological polar surface area (TPSA) is 55.1 Å². The Labute approximate surface area is 103 Å². The van der Waals surface area contributed by atoms with Crippen molar-refractivity contribution in [1.82, 2.24) is 0 Å². The molecule has 1 atom stereocenters. The predicted molar refractivity (Wildman–Crippen MR) is 63.1 cm³/mol. The van der Waals surface area contributed by atoms with Crippen LogP contribution in [0.3, 0.4) is 0 Å². The summed E-state index contributed by atoms with van der Waals surface area (Å²) in [5.41, 5.74) is 5.60. The zero-order chi connectivity index (χ0) is 13.9. The summed E-state index contributed by atoms with van der Waals surface area (Å²) in [5.74, 6) is -0.333. The van der Waals surface area contributed by atoms with Crippen molar-refractivity contribution in [2.24, 2.45) is 5.73 Å². The third kappa shape index (κ3) is 4.03. The molecule has 100 valence electrons. The summed E-state index contributed by atoms with van der Waals surface area (Å²) in [7, 11) is 0. The monoisotopic (exact) mass is 260 g/mol. The van der Waals surface area contributed by atoms with Gasteiger partial charge in [0, 0.05) is 18.7 Å². The highest BCUT2D eigenvalue weighted by Crippen LogP contribution is 2.32. The van der Waals surface area contributed by atoms with E-state index in [-0.39, 0.29) is 18.4 Å². The van der Waals surface area contributed by atoms with Gasteiger partial charge in [0.1, 0.15) is 0 Å². The van der Waals surface area contributed by atoms with Crippen molar-refractivity contribution in [3.63, 3.8) is 0 Å². The highest BCUT2D eigenvalue weighted by molar-refractivity contribution is 5.89. The maximum absolute atomic E-state index is 12.6. The van der Waals surface area contributed by atoms with Crippen molar-refractivity contribution < 1.29 is 18.0 Å². The van der Waals surface area contributed by atoms with Gasteiger partial charge in [-0.15, -0.1) is 0 Å². The molecule has 1 rings (SSSR count). The van der Waals surface area contributed by atoms with Gasteiger partial charge in [0.2, 0.25) is 5.91 Å². The Bertz CT molecular complexity index is 441. The molecule has 0 radical (unpaired) electrons. The van der Waals surface area contributed by atoms with Crippen LogP contribution < -0.4 is 11.1 Å². The number of amides is 1. The van der Waals surface area contributed by atoms with Crippen molar-refractivity contribution in [1.29, 1.82) is 0 Å². The molecule has 18 heavy (non-hydrogen) atoms. The summed E-state index contributed by atoms with van der Waals surface area (Å²) in [6.45, 7) is 2.99. The van der Waals surface area contributed by atoms with Gasteiger partial charge in [-0.05, 0) is 37.1 Å². The molecule has 0 aliphatic heterocycles. The number of carbonyl (C=O) groups is 1. The number of carbonyl (C=O) groups excluding carboxylic acids is 1. The molecule has 1 unspecified atom stereocenters. The zero-order valence-corrected chi connectivity index (χ0v) is 10.1. The molecule has 3 nitrogen and oxygen atoms in total. The second-order valence-electron chi connectivity index (χ2n) is 4.23. The first-order valence-corrected chi connectivity index (χ1v) is 5.43. The molecule has 1 aromatic rings. The fourth-order valence-corrected chi connectivity index (χ4v) is 1.60. The first kappa shape index (κ1) is 14.5. The van der Waals surface area contributed by atoms with Crippen LogP contribution in [0.5, 0.6) is 0 Å². The maximum atomic E-state index is 12.6. The summed E-state index contributed by atoms with van der Waals surface area (Å²) in [5, 5.41) is 2.50. The standard InChI is InChI=1S/C12H15F3N2O/c1-7(16)5-9-6-10(12(13,14)15)3-4-11(9)17-8(2)18/h3-4,6-7H,5,16H2,1-2H3,(H,17,18). The number of halogens is 3. The zero-order valence-electron chi connectivity index (χ0n) is 10.1. The Kier molecular flexibility index (Phi) is 4.34. The highest BCUT2D eigenvalue weighted by Gasteiger charge is 2.31. The molecule has 1 aromatic carbocycles. The smallest absolute Gasteiger partial charge is 0.328 e. The van der Waals surface area contributed by atoms with Crippen LogP contribution in [0.2, 0.25) is 0 Å². The van der Waals surface area contributed by atoms with Gasteiger partial charge in [-0.3, -0.25) is 4.79 Å². The van der Waals surface area contributed by atoms with Gasteiger partial charge >= 0.3 is 6.18 Å². The number of nitrogens with two attached hydrogens (primary N) is 1. The Morgan fingerprint density at radius 1 is 1.44 bits per heavy atom. The van der Waals surface area contributed by atoms with Crippen LogP contribution >= 0.6 is 0 Å². The molecule has 0 aromatic heterocycles. The van der Waals surface area contributed by atoms with Gasteiger partial charge in [-0.2, -0.15) is 13.2 Å². The molecule has 1 amide bonds. The number of hydrogen-bond donors (Lipinski definition) is 2. The minimum Gasteiger partial charge on any atom is -0.328 e. The lowest BCUT2D eigenvalue weighted by molar-refractivity contribution is -0.137. The van der Waals surface area contributed by atoms with Crippen molar-refractivity contribution in [2.45, 2.75) is 32.5 Å². The maximum Gasteiger partial charge on any atom is 0.416 e. The number of alkyl halides is 3. The summed E-state index contributed by atoms with van der Waals surface area (Å²) in [6.07, 6.45) is -4.14. The van der Waals surface area contributed by atoms with Gasteiger partial charge in [-0.1, -0.05) is 0 Å². The third-order valence-electron chi connectivity index (χ3n) is 2.29. The van der Waals surface area contributed by atoms with Crippen LogP contribution in [0.1, 0.15) is 25.0 Å². The first-order chi connectivity index (χ1) is 8.20. The molecule has 0 bridgehead atoms. The number of rotatable bonds is 3. The molecular weight excluding hydrogens is 245 g/mol. The number of anilines is 1. The van der Waals surface area contributed by atoms with E-state index in [0.29, 0.717) is 11.3 Å². The highest BCUT2D eigenvalue weighted by atomic mass is 19.4. The van der Waals surface area contributed by atoms with Gasteiger partial charge in [0.05, 0.1) is 5.56 Å². The first-order valence-electron chi connectivity index (χ1n) is 5.43. The molecule has 0 heterocycles. The Morgan fingerprint density at radius 3 is 2.50 bits per heavy atom.